The van der Waals surface area contributed by atoms with E-state index in [1.807, 2.05) is 6.20 Å². The van der Waals surface area contributed by atoms with Crippen LogP contribution in [-0.4, -0.2) is 30.0 Å². The highest BCUT2D eigenvalue weighted by molar-refractivity contribution is 5.25. The Hall–Kier alpha value is -1.03. The SMILES string of the molecule is CCn1ncc(OC)c1CC1CNCCC1C. The zero-order valence-electron chi connectivity index (χ0n) is 11.1. The van der Waals surface area contributed by atoms with E-state index in [-0.39, 0.29) is 0 Å². The third kappa shape index (κ3) is 2.63. The minimum Gasteiger partial charge on any atom is -0.493 e. The fourth-order valence-electron chi connectivity index (χ4n) is 2.62. The third-order valence-corrected chi connectivity index (χ3v) is 3.87. The van der Waals surface area contributed by atoms with Gasteiger partial charge in [0.2, 0.25) is 0 Å². The van der Waals surface area contributed by atoms with Gasteiger partial charge in [0.25, 0.3) is 0 Å². The van der Waals surface area contributed by atoms with Crippen molar-refractivity contribution in [3.8, 4) is 5.75 Å². The van der Waals surface area contributed by atoms with Gasteiger partial charge in [0.1, 0.15) is 0 Å². The Labute approximate surface area is 103 Å². The number of hydrogen-bond donors (Lipinski definition) is 1. The largest absolute Gasteiger partial charge is 0.493 e. The van der Waals surface area contributed by atoms with Crippen molar-refractivity contribution in [2.45, 2.75) is 33.2 Å². The topological polar surface area (TPSA) is 39.1 Å². The molecule has 1 N–H and O–H groups in total. The summed E-state index contributed by atoms with van der Waals surface area (Å²) in [6, 6.07) is 0. The van der Waals surface area contributed by atoms with Gasteiger partial charge in [0.15, 0.2) is 5.75 Å². The molecule has 0 aromatic carbocycles. The minimum atomic E-state index is 0.694. The van der Waals surface area contributed by atoms with Crippen LogP contribution in [0.1, 0.15) is 26.0 Å². The van der Waals surface area contributed by atoms with Gasteiger partial charge in [-0.3, -0.25) is 4.68 Å². The molecule has 1 saturated heterocycles. The first-order valence-electron chi connectivity index (χ1n) is 6.55. The van der Waals surface area contributed by atoms with Crippen LogP contribution >= 0.6 is 0 Å². The van der Waals surface area contributed by atoms with Gasteiger partial charge in [-0.1, -0.05) is 6.92 Å². The van der Waals surface area contributed by atoms with E-state index < -0.39 is 0 Å². The van der Waals surface area contributed by atoms with Gasteiger partial charge in [-0.25, -0.2) is 0 Å². The Balaban J connectivity index is 2.13. The maximum absolute atomic E-state index is 5.40. The van der Waals surface area contributed by atoms with Crippen molar-refractivity contribution in [3.05, 3.63) is 11.9 Å². The van der Waals surface area contributed by atoms with Gasteiger partial charge in [0.05, 0.1) is 19.0 Å². The lowest BCUT2D eigenvalue weighted by molar-refractivity contribution is 0.265. The van der Waals surface area contributed by atoms with Crippen LogP contribution in [0.5, 0.6) is 5.75 Å². The molecular weight excluding hydrogens is 214 g/mol. The number of aryl methyl sites for hydroxylation is 1. The fourth-order valence-corrected chi connectivity index (χ4v) is 2.62. The van der Waals surface area contributed by atoms with Crippen molar-refractivity contribution in [1.82, 2.24) is 15.1 Å². The van der Waals surface area contributed by atoms with Gasteiger partial charge in [-0.15, -0.1) is 0 Å². The molecule has 17 heavy (non-hydrogen) atoms. The molecular formula is C13H23N3O. The molecule has 0 bridgehead atoms. The van der Waals surface area contributed by atoms with Crippen LogP contribution in [-0.2, 0) is 13.0 Å². The molecule has 2 atom stereocenters. The Morgan fingerprint density at radius 3 is 3.06 bits per heavy atom. The molecule has 1 fully saturated rings. The standard InChI is InChI=1S/C13H23N3O/c1-4-16-12(13(17-3)9-15-16)7-11-8-14-6-5-10(11)2/h9-11,14H,4-8H2,1-3H3. The first-order valence-corrected chi connectivity index (χ1v) is 6.55. The highest BCUT2D eigenvalue weighted by atomic mass is 16.5. The van der Waals surface area contributed by atoms with Gasteiger partial charge < -0.3 is 10.1 Å². The maximum atomic E-state index is 5.40. The smallest absolute Gasteiger partial charge is 0.159 e. The molecule has 2 unspecified atom stereocenters. The molecule has 4 nitrogen and oxygen atoms in total. The fraction of sp³-hybridized carbons (Fsp3) is 0.769. The first-order chi connectivity index (χ1) is 8.26. The van der Waals surface area contributed by atoms with Crippen LogP contribution in [0.25, 0.3) is 0 Å². The van der Waals surface area contributed by atoms with E-state index in [0.717, 1.165) is 37.7 Å². The van der Waals surface area contributed by atoms with Gasteiger partial charge in [-0.2, -0.15) is 5.10 Å². The summed E-state index contributed by atoms with van der Waals surface area (Å²) in [5, 5.41) is 7.85. The van der Waals surface area contributed by atoms with Crippen LogP contribution in [0, 0.1) is 11.8 Å². The van der Waals surface area contributed by atoms with Crippen LogP contribution in [0.4, 0.5) is 0 Å². The Morgan fingerprint density at radius 1 is 1.59 bits per heavy atom. The monoisotopic (exact) mass is 237 g/mol. The van der Waals surface area contributed by atoms with Crippen molar-refractivity contribution in [2.24, 2.45) is 11.8 Å². The average Bonchev–Trinajstić information content (AvgIpc) is 2.74. The van der Waals surface area contributed by atoms with Crippen molar-refractivity contribution in [3.63, 3.8) is 0 Å². The summed E-state index contributed by atoms with van der Waals surface area (Å²) in [6.07, 6.45) is 4.16. The number of nitrogens with zero attached hydrogens (tertiary/aromatic N) is 2. The van der Waals surface area contributed by atoms with E-state index in [1.165, 1.54) is 12.1 Å². The van der Waals surface area contributed by atoms with Gasteiger partial charge in [0, 0.05) is 6.54 Å². The minimum absolute atomic E-state index is 0.694. The third-order valence-electron chi connectivity index (χ3n) is 3.87. The molecule has 4 heteroatoms. The highest BCUT2D eigenvalue weighted by Crippen LogP contribution is 2.27. The Morgan fingerprint density at radius 2 is 2.41 bits per heavy atom. The van der Waals surface area contributed by atoms with Crippen LogP contribution in [0.2, 0.25) is 0 Å². The van der Waals surface area contributed by atoms with Gasteiger partial charge >= 0.3 is 0 Å². The number of piperidine rings is 1. The van der Waals surface area contributed by atoms with E-state index in [9.17, 15) is 0 Å². The van der Waals surface area contributed by atoms with Crippen molar-refractivity contribution < 1.29 is 4.74 Å². The summed E-state index contributed by atoms with van der Waals surface area (Å²) in [7, 11) is 1.73. The lowest BCUT2D eigenvalue weighted by Gasteiger charge is -2.29. The first kappa shape index (κ1) is 12.4. The Bertz CT molecular complexity index is 340. The summed E-state index contributed by atoms with van der Waals surface area (Å²) in [5.74, 6) is 2.41. The van der Waals surface area contributed by atoms with E-state index in [4.69, 9.17) is 4.74 Å². The predicted molar refractivity (Wildman–Crippen MR) is 68.3 cm³/mol. The molecule has 1 aromatic heterocycles. The maximum Gasteiger partial charge on any atom is 0.159 e. The quantitative estimate of drug-likeness (QED) is 0.866. The molecule has 0 amide bonds. The molecule has 1 aliphatic heterocycles. The zero-order valence-corrected chi connectivity index (χ0v) is 11.1. The molecule has 1 aromatic rings. The Kier molecular flexibility index (Phi) is 4.05. The molecule has 0 radical (unpaired) electrons. The molecule has 2 heterocycles. The molecule has 96 valence electrons. The molecule has 1 aliphatic rings. The van der Waals surface area contributed by atoms with Crippen molar-refractivity contribution in [1.29, 1.82) is 0 Å². The predicted octanol–water partition coefficient (Wildman–Crippen LogP) is 1.70. The zero-order chi connectivity index (χ0) is 12.3. The molecule has 0 aliphatic carbocycles. The van der Waals surface area contributed by atoms with E-state index in [1.54, 1.807) is 7.11 Å². The van der Waals surface area contributed by atoms with Crippen LogP contribution in [0.3, 0.4) is 0 Å². The van der Waals surface area contributed by atoms with Crippen LogP contribution in [0.15, 0.2) is 6.20 Å². The summed E-state index contributed by atoms with van der Waals surface area (Å²) >= 11 is 0. The normalized spacial score (nSPS) is 24.9. The van der Waals surface area contributed by atoms with Crippen LogP contribution < -0.4 is 10.1 Å². The number of methoxy groups -OCH3 is 1. The second-order valence-electron chi connectivity index (χ2n) is 4.91. The van der Waals surface area contributed by atoms with E-state index in [0.29, 0.717) is 5.92 Å². The summed E-state index contributed by atoms with van der Waals surface area (Å²) < 4.78 is 7.46. The number of ether oxygens (including phenoxy) is 1. The number of rotatable bonds is 4. The highest BCUT2D eigenvalue weighted by Gasteiger charge is 2.24. The summed E-state index contributed by atoms with van der Waals surface area (Å²) in [6.45, 7) is 7.65. The van der Waals surface area contributed by atoms with Crippen molar-refractivity contribution in [2.75, 3.05) is 20.2 Å². The second kappa shape index (κ2) is 5.54. The van der Waals surface area contributed by atoms with Crippen molar-refractivity contribution >= 4 is 0 Å². The average molecular weight is 237 g/mol. The molecule has 0 spiro atoms. The van der Waals surface area contributed by atoms with E-state index in [2.05, 4.69) is 28.9 Å². The summed E-state index contributed by atoms with van der Waals surface area (Å²) in [4.78, 5) is 0. The van der Waals surface area contributed by atoms with Gasteiger partial charge in [-0.05, 0) is 44.7 Å². The number of nitrogens with one attached hydrogen (secondary N) is 1. The number of aromatic nitrogens is 2. The number of hydrogen-bond acceptors (Lipinski definition) is 3. The second-order valence-corrected chi connectivity index (χ2v) is 4.91. The summed E-state index contributed by atoms with van der Waals surface area (Å²) in [5.41, 5.74) is 1.25. The molecule has 0 saturated carbocycles. The molecule has 2 rings (SSSR count). The van der Waals surface area contributed by atoms with E-state index >= 15 is 0 Å². The lowest BCUT2D eigenvalue weighted by Crippen LogP contribution is -2.36. The lowest BCUT2D eigenvalue weighted by atomic mass is 9.84.